The Morgan fingerprint density at radius 3 is 3.00 bits per heavy atom. The van der Waals surface area contributed by atoms with Gasteiger partial charge in [0.1, 0.15) is 0 Å². The Bertz CT molecular complexity index is 519. The number of hydrogen-bond acceptors (Lipinski definition) is 3. The molecule has 1 aromatic rings. The van der Waals surface area contributed by atoms with Crippen LogP contribution in [0.15, 0.2) is 24.3 Å². The molecular formula is C17H23ClN2O. The lowest BCUT2D eigenvalue weighted by molar-refractivity contribution is 0.0378. The topological polar surface area (TPSA) is 23.6 Å². The van der Waals surface area contributed by atoms with Gasteiger partial charge in [-0.15, -0.1) is 0 Å². The third kappa shape index (κ3) is 3.47. The Morgan fingerprint density at radius 1 is 1.33 bits per heavy atom. The summed E-state index contributed by atoms with van der Waals surface area (Å²) in [4.78, 5) is 17.2. The van der Waals surface area contributed by atoms with E-state index in [-0.39, 0.29) is 5.78 Å². The first-order chi connectivity index (χ1) is 10.1. The lowest BCUT2D eigenvalue weighted by atomic mass is 9.84. The first kappa shape index (κ1) is 15.0. The third-order valence-electron chi connectivity index (χ3n) is 4.94. The average molecular weight is 307 g/mol. The minimum atomic E-state index is 0.181. The third-order valence-corrected chi connectivity index (χ3v) is 5.18. The molecule has 3 rings (SSSR count). The van der Waals surface area contributed by atoms with Crippen molar-refractivity contribution in [2.75, 3.05) is 33.2 Å². The molecule has 114 valence electrons. The Kier molecular flexibility index (Phi) is 4.63. The number of piperidine rings is 2. The van der Waals surface area contributed by atoms with Gasteiger partial charge in [-0.1, -0.05) is 23.7 Å². The summed E-state index contributed by atoms with van der Waals surface area (Å²) in [6, 6.07) is 8.00. The van der Waals surface area contributed by atoms with E-state index in [9.17, 15) is 4.79 Å². The number of benzene rings is 1. The fourth-order valence-corrected chi connectivity index (χ4v) is 4.02. The predicted octanol–water partition coefficient (Wildman–Crippen LogP) is 2.94. The second kappa shape index (κ2) is 6.47. The first-order valence-electron chi connectivity index (χ1n) is 7.85. The van der Waals surface area contributed by atoms with E-state index in [1.807, 2.05) is 18.2 Å². The molecule has 0 bridgehead atoms. The van der Waals surface area contributed by atoms with Gasteiger partial charge in [0.25, 0.3) is 0 Å². The second-order valence-corrected chi connectivity index (χ2v) is 6.84. The zero-order valence-electron chi connectivity index (χ0n) is 12.6. The summed E-state index contributed by atoms with van der Waals surface area (Å²) in [5, 5.41) is 0.633. The number of halogens is 1. The van der Waals surface area contributed by atoms with E-state index in [2.05, 4.69) is 16.8 Å². The lowest BCUT2D eigenvalue weighted by Crippen LogP contribution is -2.53. The molecule has 2 fully saturated rings. The van der Waals surface area contributed by atoms with Crippen molar-refractivity contribution in [1.82, 2.24) is 9.80 Å². The molecule has 1 aromatic carbocycles. The minimum absolute atomic E-state index is 0.181. The fourth-order valence-electron chi connectivity index (χ4n) is 3.83. The van der Waals surface area contributed by atoms with Crippen molar-refractivity contribution < 1.29 is 4.79 Å². The monoisotopic (exact) mass is 306 g/mol. The smallest absolute Gasteiger partial charge is 0.176 e. The molecule has 0 aliphatic carbocycles. The Morgan fingerprint density at radius 2 is 2.19 bits per heavy atom. The Hall–Kier alpha value is -0.900. The van der Waals surface area contributed by atoms with Crippen molar-refractivity contribution in [1.29, 1.82) is 0 Å². The zero-order valence-corrected chi connectivity index (χ0v) is 13.4. The van der Waals surface area contributed by atoms with Crippen LogP contribution in [0.1, 0.15) is 29.6 Å². The lowest BCUT2D eigenvalue weighted by Gasteiger charge is -2.45. The molecule has 0 saturated carbocycles. The van der Waals surface area contributed by atoms with Crippen LogP contribution in [-0.2, 0) is 0 Å². The molecule has 21 heavy (non-hydrogen) atoms. The zero-order chi connectivity index (χ0) is 14.8. The van der Waals surface area contributed by atoms with Gasteiger partial charge in [0.05, 0.1) is 6.54 Å². The maximum atomic E-state index is 12.4. The summed E-state index contributed by atoms with van der Waals surface area (Å²) in [5.74, 6) is 0.907. The number of carbonyl (C=O) groups excluding carboxylic acids is 1. The Labute approximate surface area is 131 Å². The second-order valence-electron chi connectivity index (χ2n) is 6.41. The normalized spacial score (nSPS) is 27.3. The fraction of sp³-hybridized carbons (Fsp3) is 0.588. The first-order valence-corrected chi connectivity index (χ1v) is 8.22. The molecule has 0 amide bonds. The van der Waals surface area contributed by atoms with E-state index in [4.69, 9.17) is 11.6 Å². The summed E-state index contributed by atoms with van der Waals surface area (Å²) in [5.41, 5.74) is 0.727. The van der Waals surface area contributed by atoms with Gasteiger partial charge in [-0.3, -0.25) is 9.69 Å². The highest BCUT2D eigenvalue weighted by Gasteiger charge is 2.34. The predicted molar refractivity (Wildman–Crippen MR) is 86.0 cm³/mol. The van der Waals surface area contributed by atoms with Crippen molar-refractivity contribution in [3.05, 3.63) is 34.9 Å². The van der Waals surface area contributed by atoms with E-state index in [0.29, 0.717) is 11.6 Å². The van der Waals surface area contributed by atoms with Gasteiger partial charge in [-0.2, -0.15) is 0 Å². The summed E-state index contributed by atoms with van der Waals surface area (Å²) in [7, 11) is 2.24. The molecule has 0 N–H and O–H groups in total. The van der Waals surface area contributed by atoms with E-state index in [1.165, 1.54) is 25.8 Å². The maximum absolute atomic E-state index is 12.4. The number of fused-ring (bicyclic) bond motifs is 1. The van der Waals surface area contributed by atoms with Crippen LogP contribution in [0.25, 0.3) is 0 Å². The number of Topliss-reactive ketones (excluding diaryl/α,β-unsaturated/α-hetero) is 1. The largest absolute Gasteiger partial charge is 0.303 e. The molecule has 2 heterocycles. The van der Waals surface area contributed by atoms with Crippen LogP contribution >= 0.6 is 11.6 Å². The van der Waals surface area contributed by atoms with E-state index in [0.717, 1.165) is 30.6 Å². The minimum Gasteiger partial charge on any atom is -0.303 e. The van der Waals surface area contributed by atoms with Crippen LogP contribution in [0, 0.1) is 5.92 Å². The number of rotatable bonds is 3. The van der Waals surface area contributed by atoms with Crippen molar-refractivity contribution in [3.8, 4) is 0 Å². The molecule has 0 radical (unpaired) electrons. The molecule has 0 aromatic heterocycles. The summed E-state index contributed by atoms with van der Waals surface area (Å²) >= 11 is 5.97. The highest BCUT2D eigenvalue weighted by atomic mass is 35.5. The molecule has 4 heteroatoms. The van der Waals surface area contributed by atoms with Gasteiger partial charge in [-0.05, 0) is 50.9 Å². The SMILES string of the molecule is CN1CCCC2CN(CC(=O)c3cccc(Cl)c3)CCC21. The standard InChI is InChI=1S/C17H23ClN2O/c1-19-8-3-5-14-11-20(9-7-16(14)19)12-17(21)13-4-2-6-15(18)10-13/h2,4,6,10,14,16H,3,5,7-9,11-12H2,1H3. The molecular weight excluding hydrogens is 284 g/mol. The van der Waals surface area contributed by atoms with E-state index in [1.54, 1.807) is 6.07 Å². The van der Waals surface area contributed by atoms with Gasteiger partial charge in [0, 0.05) is 29.7 Å². The Balaban J connectivity index is 1.60. The van der Waals surface area contributed by atoms with Crippen LogP contribution in [0.3, 0.4) is 0 Å². The van der Waals surface area contributed by atoms with Gasteiger partial charge in [-0.25, -0.2) is 0 Å². The number of nitrogens with zero attached hydrogens (tertiary/aromatic N) is 2. The van der Waals surface area contributed by atoms with Crippen LogP contribution in [0.5, 0.6) is 0 Å². The van der Waals surface area contributed by atoms with Crippen molar-refractivity contribution in [2.24, 2.45) is 5.92 Å². The highest BCUT2D eigenvalue weighted by molar-refractivity contribution is 6.31. The highest BCUT2D eigenvalue weighted by Crippen LogP contribution is 2.29. The molecule has 2 aliphatic heterocycles. The molecule has 2 saturated heterocycles. The van der Waals surface area contributed by atoms with Crippen LogP contribution in [-0.4, -0.2) is 54.9 Å². The average Bonchev–Trinajstić information content (AvgIpc) is 2.47. The number of ketones is 1. The number of hydrogen-bond donors (Lipinski definition) is 0. The molecule has 2 atom stereocenters. The molecule has 2 unspecified atom stereocenters. The quantitative estimate of drug-likeness (QED) is 0.802. The van der Waals surface area contributed by atoms with E-state index >= 15 is 0 Å². The molecule has 2 aliphatic rings. The van der Waals surface area contributed by atoms with Gasteiger partial charge >= 0.3 is 0 Å². The number of carbonyl (C=O) groups is 1. The molecule has 3 nitrogen and oxygen atoms in total. The summed E-state index contributed by atoms with van der Waals surface area (Å²) < 4.78 is 0. The van der Waals surface area contributed by atoms with Crippen LogP contribution in [0.2, 0.25) is 5.02 Å². The van der Waals surface area contributed by atoms with Gasteiger partial charge < -0.3 is 4.90 Å². The van der Waals surface area contributed by atoms with Crippen molar-refractivity contribution in [2.45, 2.75) is 25.3 Å². The summed E-state index contributed by atoms with van der Waals surface area (Å²) in [6.07, 6.45) is 3.77. The van der Waals surface area contributed by atoms with Gasteiger partial charge in [0.2, 0.25) is 0 Å². The summed E-state index contributed by atoms with van der Waals surface area (Å²) in [6.45, 7) is 3.83. The van der Waals surface area contributed by atoms with Crippen LogP contribution < -0.4 is 0 Å². The van der Waals surface area contributed by atoms with Gasteiger partial charge in [0.15, 0.2) is 5.78 Å². The van der Waals surface area contributed by atoms with Crippen molar-refractivity contribution in [3.63, 3.8) is 0 Å². The molecule has 0 spiro atoms. The van der Waals surface area contributed by atoms with E-state index < -0.39 is 0 Å². The maximum Gasteiger partial charge on any atom is 0.176 e. The van der Waals surface area contributed by atoms with Crippen LogP contribution in [0.4, 0.5) is 0 Å². The number of likely N-dealkylation sites (tertiary alicyclic amines) is 2. The van der Waals surface area contributed by atoms with Crippen molar-refractivity contribution >= 4 is 17.4 Å².